The lowest BCUT2D eigenvalue weighted by molar-refractivity contribution is -0.0366. The van der Waals surface area contributed by atoms with Gasteiger partial charge in [-0.15, -0.1) is 0 Å². The van der Waals surface area contributed by atoms with Crippen molar-refractivity contribution in [1.82, 2.24) is 9.78 Å². The van der Waals surface area contributed by atoms with Crippen LogP contribution < -0.4 is 5.46 Å². The van der Waals surface area contributed by atoms with Crippen molar-refractivity contribution in [3.63, 3.8) is 0 Å². The highest BCUT2D eigenvalue weighted by Crippen LogP contribution is 2.38. The first-order valence-electron chi connectivity index (χ1n) is 11.0. The standard InChI is InChI=1S/C22H32BClN2O4/c1-21(2)22(3,4)30-23(29-21)20-15(9-5-7-11-27)17(24)13-18-16(20)14-25-26(18)19-10-6-8-12-28-19/h13-14,19,27H,5-12H2,1-4H3. The molecule has 2 aromatic rings. The third kappa shape index (κ3) is 3.91. The van der Waals surface area contributed by atoms with Crippen molar-refractivity contribution in [3.8, 4) is 0 Å². The number of rotatable bonds is 6. The maximum Gasteiger partial charge on any atom is 0.495 e. The van der Waals surface area contributed by atoms with Crippen LogP contribution in [0.4, 0.5) is 0 Å². The molecule has 0 saturated carbocycles. The summed E-state index contributed by atoms with van der Waals surface area (Å²) in [6.45, 7) is 9.14. The number of nitrogens with zero attached hydrogens (tertiary/aromatic N) is 2. The minimum atomic E-state index is -0.523. The smallest absolute Gasteiger partial charge is 0.399 e. The van der Waals surface area contributed by atoms with Gasteiger partial charge in [-0.2, -0.15) is 5.10 Å². The highest BCUT2D eigenvalue weighted by atomic mass is 35.5. The first kappa shape index (κ1) is 22.1. The van der Waals surface area contributed by atoms with E-state index in [4.69, 9.17) is 25.6 Å². The van der Waals surface area contributed by atoms with E-state index in [-0.39, 0.29) is 12.8 Å². The number of ether oxygens (including phenoxy) is 1. The molecular weight excluding hydrogens is 403 g/mol. The van der Waals surface area contributed by atoms with E-state index < -0.39 is 18.3 Å². The Kier molecular flexibility index (Phi) is 6.21. The molecule has 2 aliphatic heterocycles. The quantitative estimate of drug-likeness (QED) is 0.550. The van der Waals surface area contributed by atoms with Gasteiger partial charge in [0, 0.05) is 23.6 Å². The molecule has 30 heavy (non-hydrogen) atoms. The molecule has 3 heterocycles. The Balaban J connectivity index is 1.82. The van der Waals surface area contributed by atoms with Gasteiger partial charge in [-0.3, -0.25) is 0 Å². The Morgan fingerprint density at radius 3 is 2.57 bits per heavy atom. The number of hydrogen-bond donors (Lipinski definition) is 1. The molecule has 1 aromatic heterocycles. The third-order valence-corrected chi connectivity index (χ3v) is 7.09. The molecule has 2 aliphatic rings. The molecule has 1 aromatic carbocycles. The molecule has 8 heteroatoms. The lowest BCUT2D eigenvalue weighted by atomic mass is 9.73. The topological polar surface area (TPSA) is 65.7 Å². The number of fused-ring (bicyclic) bond motifs is 1. The summed E-state index contributed by atoms with van der Waals surface area (Å²) in [7, 11) is -0.523. The van der Waals surface area contributed by atoms with Crippen molar-refractivity contribution in [2.24, 2.45) is 0 Å². The summed E-state index contributed by atoms with van der Waals surface area (Å²) in [5.74, 6) is 0. The zero-order valence-corrected chi connectivity index (χ0v) is 19.2. The molecule has 1 atom stereocenters. The van der Waals surface area contributed by atoms with Gasteiger partial charge >= 0.3 is 7.12 Å². The Hall–Kier alpha value is -1.12. The zero-order chi connectivity index (χ0) is 21.5. The molecule has 2 fully saturated rings. The van der Waals surface area contributed by atoms with Crippen LogP contribution in [0.2, 0.25) is 5.02 Å². The molecule has 0 radical (unpaired) electrons. The Bertz CT molecular complexity index is 892. The number of hydrogen-bond acceptors (Lipinski definition) is 5. The van der Waals surface area contributed by atoms with E-state index in [2.05, 4.69) is 32.8 Å². The summed E-state index contributed by atoms with van der Waals surface area (Å²) in [5.41, 5.74) is 2.02. The Morgan fingerprint density at radius 2 is 1.93 bits per heavy atom. The van der Waals surface area contributed by atoms with Crippen LogP contribution in [0.5, 0.6) is 0 Å². The molecule has 0 amide bonds. The molecule has 164 valence electrons. The molecule has 0 bridgehead atoms. The summed E-state index contributed by atoms with van der Waals surface area (Å²) < 4.78 is 20.8. The van der Waals surface area contributed by atoms with Gasteiger partial charge in [-0.05, 0) is 83.3 Å². The van der Waals surface area contributed by atoms with Crippen molar-refractivity contribution >= 4 is 35.1 Å². The van der Waals surface area contributed by atoms with Gasteiger partial charge in [0.1, 0.15) is 0 Å². The summed E-state index contributed by atoms with van der Waals surface area (Å²) >= 11 is 6.82. The van der Waals surface area contributed by atoms with Gasteiger partial charge in [0.25, 0.3) is 0 Å². The summed E-state index contributed by atoms with van der Waals surface area (Å²) in [5, 5.41) is 15.6. The maximum absolute atomic E-state index is 9.24. The minimum Gasteiger partial charge on any atom is -0.399 e. The lowest BCUT2D eigenvalue weighted by Crippen LogP contribution is -2.41. The number of aliphatic hydroxyl groups excluding tert-OH is 1. The van der Waals surface area contributed by atoms with Gasteiger partial charge < -0.3 is 19.2 Å². The maximum atomic E-state index is 9.24. The van der Waals surface area contributed by atoms with E-state index in [1.165, 1.54) is 0 Å². The van der Waals surface area contributed by atoms with E-state index in [0.29, 0.717) is 5.02 Å². The average Bonchev–Trinajstić information content (AvgIpc) is 3.20. The SMILES string of the molecule is CC1(C)OB(c2c(CCCCO)c(Cl)cc3c2cnn3C2CCCCO2)OC1(C)C. The fraction of sp³-hybridized carbons (Fsp3) is 0.682. The van der Waals surface area contributed by atoms with Crippen molar-refractivity contribution in [2.75, 3.05) is 13.2 Å². The van der Waals surface area contributed by atoms with Crippen LogP contribution in [0.25, 0.3) is 10.9 Å². The molecule has 0 spiro atoms. The first-order valence-corrected chi connectivity index (χ1v) is 11.4. The second-order valence-corrected chi connectivity index (χ2v) is 9.77. The number of halogens is 1. The van der Waals surface area contributed by atoms with Crippen LogP contribution in [0.3, 0.4) is 0 Å². The van der Waals surface area contributed by atoms with Crippen LogP contribution in [-0.4, -0.2) is 46.4 Å². The second kappa shape index (κ2) is 8.43. The first-order chi connectivity index (χ1) is 14.2. The zero-order valence-electron chi connectivity index (χ0n) is 18.4. The number of aromatic nitrogens is 2. The highest BCUT2D eigenvalue weighted by molar-refractivity contribution is 6.66. The van der Waals surface area contributed by atoms with Gasteiger partial charge in [-0.25, -0.2) is 4.68 Å². The molecule has 0 aliphatic carbocycles. The van der Waals surface area contributed by atoms with Crippen LogP contribution >= 0.6 is 11.6 Å². The Labute approximate surface area is 184 Å². The van der Waals surface area contributed by atoms with Gasteiger partial charge in [0.2, 0.25) is 0 Å². The van der Waals surface area contributed by atoms with Crippen LogP contribution in [0, 0.1) is 0 Å². The number of benzene rings is 1. The van der Waals surface area contributed by atoms with E-state index in [0.717, 1.165) is 67.1 Å². The fourth-order valence-electron chi connectivity index (χ4n) is 4.27. The van der Waals surface area contributed by atoms with Crippen LogP contribution in [0.15, 0.2) is 12.3 Å². The van der Waals surface area contributed by atoms with Crippen LogP contribution in [0.1, 0.15) is 71.6 Å². The van der Waals surface area contributed by atoms with Crippen molar-refractivity contribution in [1.29, 1.82) is 0 Å². The molecule has 4 rings (SSSR count). The van der Waals surface area contributed by atoms with E-state index in [9.17, 15) is 5.11 Å². The molecule has 2 saturated heterocycles. The number of aliphatic hydroxyl groups is 1. The lowest BCUT2D eigenvalue weighted by Gasteiger charge is -2.32. The second-order valence-electron chi connectivity index (χ2n) is 9.36. The minimum absolute atomic E-state index is 0.0706. The summed E-state index contributed by atoms with van der Waals surface area (Å²) in [4.78, 5) is 0. The largest absolute Gasteiger partial charge is 0.495 e. The monoisotopic (exact) mass is 434 g/mol. The normalized spacial score (nSPS) is 23.4. The predicted octanol–water partition coefficient (Wildman–Crippen LogP) is 4.00. The third-order valence-electron chi connectivity index (χ3n) is 6.75. The fourth-order valence-corrected chi connectivity index (χ4v) is 4.56. The molecular formula is C22H32BClN2O4. The van der Waals surface area contributed by atoms with Crippen molar-refractivity contribution < 1.29 is 19.2 Å². The van der Waals surface area contributed by atoms with E-state index >= 15 is 0 Å². The summed E-state index contributed by atoms with van der Waals surface area (Å²) in [6.07, 6.45) is 7.30. The van der Waals surface area contributed by atoms with Crippen molar-refractivity contribution in [2.45, 2.75) is 83.6 Å². The van der Waals surface area contributed by atoms with Crippen molar-refractivity contribution in [3.05, 3.63) is 22.8 Å². The van der Waals surface area contributed by atoms with Gasteiger partial charge in [-0.1, -0.05) is 11.6 Å². The highest BCUT2D eigenvalue weighted by Gasteiger charge is 2.53. The molecule has 6 nitrogen and oxygen atoms in total. The average molecular weight is 435 g/mol. The van der Waals surface area contributed by atoms with Gasteiger partial charge in [0.05, 0.1) is 22.9 Å². The van der Waals surface area contributed by atoms with E-state index in [1.54, 1.807) is 0 Å². The summed E-state index contributed by atoms with van der Waals surface area (Å²) in [6, 6.07) is 1.99. The number of unbranched alkanes of at least 4 members (excludes halogenated alkanes) is 1. The molecule has 1 unspecified atom stereocenters. The van der Waals surface area contributed by atoms with E-state index in [1.807, 2.05) is 16.9 Å². The van der Waals surface area contributed by atoms with Gasteiger partial charge in [0.15, 0.2) is 6.23 Å². The Morgan fingerprint density at radius 1 is 1.20 bits per heavy atom. The predicted molar refractivity (Wildman–Crippen MR) is 119 cm³/mol. The van der Waals surface area contributed by atoms with Crippen LogP contribution in [-0.2, 0) is 20.5 Å². The molecule has 1 N–H and O–H groups in total.